The topological polar surface area (TPSA) is 92.8 Å². The Morgan fingerprint density at radius 2 is 2.03 bits per heavy atom. The van der Waals surface area contributed by atoms with Gasteiger partial charge in [-0.2, -0.15) is 0 Å². The molecule has 0 saturated heterocycles. The van der Waals surface area contributed by atoms with Crippen LogP contribution in [0, 0.1) is 0 Å². The Kier molecular flexibility index (Phi) is 5.09. The van der Waals surface area contributed by atoms with Crippen LogP contribution in [-0.2, 0) is 4.79 Å². The Bertz CT molecular complexity index is 1240. The largest absolute Gasteiger partial charge is 0.495 e. The van der Waals surface area contributed by atoms with Gasteiger partial charge in [0.2, 0.25) is 5.91 Å². The number of ether oxygens (including phenoxy) is 1. The van der Waals surface area contributed by atoms with E-state index >= 15 is 0 Å². The summed E-state index contributed by atoms with van der Waals surface area (Å²) in [6.07, 6.45) is 0.404. The molecule has 4 aromatic rings. The van der Waals surface area contributed by atoms with Crippen LogP contribution in [0.25, 0.3) is 33.5 Å². The van der Waals surface area contributed by atoms with Crippen LogP contribution in [0.2, 0.25) is 0 Å². The van der Waals surface area contributed by atoms with Crippen LogP contribution in [0.3, 0.4) is 0 Å². The summed E-state index contributed by atoms with van der Waals surface area (Å²) >= 11 is 0. The summed E-state index contributed by atoms with van der Waals surface area (Å²) in [6.45, 7) is 1.39. The van der Waals surface area contributed by atoms with Crippen molar-refractivity contribution >= 4 is 22.8 Å². The molecule has 0 aliphatic heterocycles. The van der Waals surface area contributed by atoms with Crippen LogP contribution >= 0.6 is 0 Å². The number of halogens is 2. The molecule has 0 spiro atoms. The van der Waals surface area contributed by atoms with Gasteiger partial charge in [-0.05, 0) is 24.3 Å². The van der Waals surface area contributed by atoms with Crippen molar-refractivity contribution in [3.05, 3.63) is 54.5 Å². The second kappa shape index (κ2) is 7.86. The lowest BCUT2D eigenvalue weighted by Crippen LogP contribution is -2.07. The number of amides is 1. The molecule has 0 aliphatic rings. The molecular weight excluding hydrogens is 392 g/mol. The van der Waals surface area contributed by atoms with E-state index in [1.165, 1.54) is 26.2 Å². The standard InChI is InChI=1S/C21H17F2N5O2/c1-11(29)26-17-8-12(6-7-24-17)19-18(14-4-3-5-15(27-14)21(22)23)20-16(28-19)9-13(30-2)10-25-20/h3-10,21,28H,1-2H3,(H,24,26,29). The Morgan fingerprint density at radius 1 is 1.20 bits per heavy atom. The van der Waals surface area contributed by atoms with Crippen molar-refractivity contribution in [1.82, 2.24) is 19.9 Å². The number of alkyl halides is 2. The number of carbonyl (C=O) groups excluding carboxylic acids is 1. The quantitative estimate of drug-likeness (QED) is 0.503. The molecule has 0 saturated carbocycles. The Balaban J connectivity index is 1.96. The molecule has 0 bridgehead atoms. The lowest BCUT2D eigenvalue weighted by molar-refractivity contribution is -0.114. The molecule has 0 aliphatic carbocycles. The average molecular weight is 409 g/mol. The third-order valence-electron chi connectivity index (χ3n) is 4.45. The van der Waals surface area contributed by atoms with Crippen LogP contribution in [0.1, 0.15) is 19.0 Å². The Labute approximate surface area is 170 Å². The number of nitrogens with one attached hydrogen (secondary N) is 2. The molecule has 0 aromatic carbocycles. The second-order valence-electron chi connectivity index (χ2n) is 6.51. The summed E-state index contributed by atoms with van der Waals surface area (Å²) in [5.41, 5.74) is 3.10. The SMILES string of the molecule is COc1cnc2c(-c3cccc(C(F)F)n3)c(-c3ccnc(NC(C)=O)c3)[nH]c2c1. The first-order valence-corrected chi connectivity index (χ1v) is 9.01. The molecule has 4 heterocycles. The zero-order valence-electron chi connectivity index (χ0n) is 16.1. The van der Waals surface area contributed by atoms with Crippen molar-refractivity contribution in [2.24, 2.45) is 0 Å². The highest BCUT2D eigenvalue weighted by molar-refractivity contribution is 6.01. The highest BCUT2D eigenvalue weighted by Gasteiger charge is 2.20. The van der Waals surface area contributed by atoms with Crippen LogP contribution < -0.4 is 10.1 Å². The van der Waals surface area contributed by atoms with E-state index in [0.717, 1.165) is 0 Å². The van der Waals surface area contributed by atoms with Crippen molar-refractivity contribution in [3.63, 3.8) is 0 Å². The summed E-state index contributed by atoms with van der Waals surface area (Å²) in [6, 6.07) is 9.66. The number of H-pyrrole nitrogens is 1. The molecule has 7 nitrogen and oxygen atoms in total. The molecule has 0 unspecified atom stereocenters. The molecule has 152 valence electrons. The predicted octanol–water partition coefficient (Wildman–Crippen LogP) is 4.59. The van der Waals surface area contributed by atoms with Gasteiger partial charge in [-0.15, -0.1) is 0 Å². The van der Waals surface area contributed by atoms with Gasteiger partial charge < -0.3 is 15.0 Å². The predicted molar refractivity (Wildman–Crippen MR) is 108 cm³/mol. The Morgan fingerprint density at radius 3 is 2.77 bits per heavy atom. The maximum Gasteiger partial charge on any atom is 0.280 e. The minimum atomic E-state index is -2.70. The number of anilines is 1. The summed E-state index contributed by atoms with van der Waals surface area (Å²) in [5.74, 6) is 0.656. The van der Waals surface area contributed by atoms with Crippen LogP contribution in [0.4, 0.5) is 14.6 Å². The van der Waals surface area contributed by atoms with Gasteiger partial charge in [-0.3, -0.25) is 9.78 Å². The number of nitrogens with zero attached hydrogens (tertiary/aromatic N) is 3. The normalized spacial score (nSPS) is 11.1. The van der Waals surface area contributed by atoms with E-state index in [1.54, 1.807) is 36.7 Å². The molecular formula is C21H17F2N5O2. The van der Waals surface area contributed by atoms with Crippen molar-refractivity contribution in [2.45, 2.75) is 13.3 Å². The summed E-state index contributed by atoms with van der Waals surface area (Å²) in [7, 11) is 1.53. The fourth-order valence-corrected chi connectivity index (χ4v) is 3.18. The van der Waals surface area contributed by atoms with E-state index in [9.17, 15) is 13.6 Å². The lowest BCUT2D eigenvalue weighted by Gasteiger charge is -2.08. The molecule has 0 radical (unpaired) electrons. The highest BCUT2D eigenvalue weighted by Crippen LogP contribution is 2.38. The molecule has 30 heavy (non-hydrogen) atoms. The lowest BCUT2D eigenvalue weighted by atomic mass is 10.0. The van der Waals surface area contributed by atoms with Crippen LogP contribution in [-0.4, -0.2) is 33.0 Å². The third kappa shape index (κ3) is 3.69. The van der Waals surface area contributed by atoms with E-state index in [0.29, 0.717) is 45.1 Å². The fraction of sp³-hybridized carbons (Fsp3) is 0.143. The maximum atomic E-state index is 13.2. The zero-order chi connectivity index (χ0) is 21.3. The number of hydrogen-bond acceptors (Lipinski definition) is 5. The Hall–Kier alpha value is -3.88. The summed E-state index contributed by atoms with van der Waals surface area (Å²) in [5, 5.41) is 2.64. The minimum absolute atomic E-state index is 0.255. The first-order chi connectivity index (χ1) is 14.5. The van der Waals surface area contributed by atoms with Crippen molar-refractivity contribution in [3.8, 4) is 28.3 Å². The van der Waals surface area contributed by atoms with Crippen LogP contribution in [0.15, 0.2) is 48.8 Å². The van der Waals surface area contributed by atoms with E-state index in [2.05, 4.69) is 25.3 Å². The van der Waals surface area contributed by atoms with Gasteiger partial charge in [0.05, 0.1) is 41.3 Å². The molecule has 0 fully saturated rings. The number of rotatable bonds is 5. The molecule has 0 atom stereocenters. The average Bonchev–Trinajstić information content (AvgIpc) is 3.12. The minimum Gasteiger partial charge on any atom is -0.495 e. The number of aromatic amines is 1. The number of carbonyl (C=O) groups is 1. The van der Waals surface area contributed by atoms with Gasteiger partial charge in [-0.25, -0.2) is 18.7 Å². The molecule has 9 heteroatoms. The van der Waals surface area contributed by atoms with Gasteiger partial charge in [0.25, 0.3) is 6.43 Å². The molecule has 1 amide bonds. The van der Waals surface area contributed by atoms with Gasteiger partial charge >= 0.3 is 0 Å². The van der Waals surface area contributed by atoms with Crippen molar-refractivity contribution < 1.29 is 18.3 Å². The fourth-order valence-electron chi connectivity index (χ4n) is 3.18. The maximum absolute atomic E-state index is 13.2. The van der Waals surface area contributed by atoms with Gasteiger partial charge in [0.15, 0.2) is 0 Å². The number of fused-ring (bicyclic) bond motifs is 1. The second-order valence-corrected chi connectivity index (χ2v) is 6.51. The number of pyridine rings is 3. The van der Waals surface area contributed by atoms with E-state index in [1.807, 2.05) is 0 Å². The number of methoxy groups -OCH3 is 1. The summed E-state index contributed by atoms with van der Waals surface area (Å²) in [4.78, 5) is 27.4. The third-order valence-corrected chi connectivity index (χ3v) is 4.45. The highest BCUT2D eigenvalue weighted by atomic mass is 19.3. The van der Waals surface area contributed by atoms with E-state index in [-0.39, 0.29) is 11.6 Å². The zero-order valence-corrected chi connectivity index (χ0v) is 16.1. The van der Waals surface area contributed by atoms with E-state index < -0.39 is 6.43 Å². The van der Waals surface area contributed by atoms with Gasteiger partial charge in [-0.1, -0.05) is 6.07 Å². The first kappa shape index (κ1) is 19.4. The smallest absolute Gasteiger partial charge is 0.280 e. The first-order valence-electron chi connectivity index (χ1n) is 9.01. The van der Waals surface area contributed by atoms with Gasteiger partial charge in [0.1, 0.15) is 17.3 Å². The monoisotopic (exact) mass is 409 g/mol. The number of aromatic nitrogens is 4. The molecule has 4 aromatic heterocycles. The number of hydrogen-bond donors (Lipinski definition) is 2. The van der Waals surface area contributed by atoms with E-state index in [4.69, 9.17) is 4.74 Å². The van der Waals surface area contributed by atoms with Gasteiger partial charge in [0, 0.05) is 24.8 Å². The molecule has 4 rings (SSSR count). The summed E-state index contributed by atoms with van der Waals surface area (Å²) < 4.78 is 31.7. The van der Waals surface area contributed by atoms with Crippen LogP contribution in [0.5, 0.6) is 5.75 Å². The molecule has 2 N–H and O–H groups in total. The van der Waals surface area contributed by atoms with Crippen molar-refractivity contribution in [2.75, 3.05) is 12.4 Å². The van der Waals surface area contributed by atoms with Crippen molar-refractivity contribution in [1.29, 1.82) is 0 Å².